The SMILES string of the molecule is CC[C@@H](C)N(Cc1cccn1C)C[C@@H](O)COC(C)C. The van der Waals surface area contributed by atoms with Gasteiger partial charge in [0.05, 0.1) is 18.8 Å². The first kappa shape index (κ1) is 17.2. The third-order valence-electron chi connectivity index (χ3n) is 3.70. The number of nitrogens with zero attached hydrogens (tertiary/aromatic N) is 2. The van der Waals surface area contributed by atoms with E-state index in [-0.39, 0.29) is 6.10 Å². The molecule has 1 rings (SSSR count). The van der Waals surface area contributed by atoms with Crippen LogP contribution in [0.3, 0.4) is 0 Å². The largest absolute Gasteiger partial charge is 0.389 e. The zero-order chi connectivity index (χ0) is 15.1. The number of hydrogen-bond donors (Lipinski definition) is 1. The van der Waals surface area contributed by atoms with Gasteiger partial charge in [0.2, 0.25) is 0 Å². The molecule has 0 spiro atoms. The fraction of sp³-hybridized carbons (Fsp3) is 0.750. The quantitative estimate of drug-likeness (QED) is 0.756. The zero-order valence-electron chi connectivity index (χ0n) is 13.5. The topological polar surface area (TPSA) is 37.6 Å². The van der Waals surface area contributed by atoms with Crippen LogP contribution in [0, 0.1) is 0 Å². The average molecular weight is 282 g/mol. The molecule has 0 aromatic carbocycles. The molecule has 1 aromatic rings. The average Bonchev–Trinajstić information content (AvgIpc) is 2.80. The first-order valence-electron chi connectivity index (χ1n) is 7.58. The number of ether oxygens (including phenoxy) is 1. The summed E-state index contributed by atoms with van der Waals surface area (Å²) in [6.45, 7) is 10.3. The maximum Gasteiger partial charge on any atom is 0.0900 e. The van der Waals surface area contributed by atoms with Crippen LogP contribution in [0.5, 0.6) is 0 Å². The van der Waals surface area contributed by atoms with Gasteiger partial charge in [-0.15, -0.1) is 0 Å². The third-order valence-corrected chi connectivity index (χ3v) is 3.70. The summed E-state index contributed by atoms with van der Waals surface area (Å²) in [7, 11) is 2.06. The highest BCUT2D eigenvalue weighted by molar-refractivity contribution is 5.06. The summed E-state index contributed by atoms with van der Waals surface area (Å²) in [4.78, 5) is 2.32. The van der Waals surface area contributed by atoms with Crippen LogP contribution in [-0.4, -0.2) is 46.0 Å². The van der Waals surface area contributed by atoms with Crippen LogP contribution in [-0.2, 0) is 18.3 Å². The molecule has 20 heavy (non-hydrogen) atoms. The smallest absolute Gasteiger partial charge is 0.0900 e. The van der Waals surface area contributed by atoms with Crippen molar-refractivity contribution in [3.63, 3.8) is 0 Å². The van der Waals surface area contributed by atoms with Gasteiger partial charge in [-0.3, -0.25) is 4.90 Å². The number of aliphatic hydroxyl groups is 1. The minimum absolute atomic E-state index is 0.162. The molecule has 1 N–H and O–H groups in total. The van der Waals surface area contributed by atoms with Gasteiger partial charge >= 0.3 is 0 Å². The van der Waals surface area contributed by atoms with Crippen molar-refractivity contribution in [2.45, 2.75) is 58.9 Å². The molecule has 4 heteroatoms. The summed E-state index contributed by atoms with van der Waals surface area (Å²) in [6.07, 6.45) is 2.85. The second-order valence-electron chi connectivity index (χ2n) is 5.83. The lowest BCUT2D eigenvalue weighted by Gasteiger charge is -2.30. The first-order valence-corrected chi connectivity index (χ1v) is 7.58. The van der Waals surface area contributed by atoms with Crippen LogP contribution in [0.15, 0.2) is 18.3 Å². The minimum Gasteiger partial charge on any atom is -0.389 e. The molecule has 0 saturated carbocycles. The van der Waals surface area contributed by atoms with Crippen molar-refractivity contribution in [2.24, 2.45) is 7.05 Å². The molecule has 1 aromatic heterocycles. The second kappa shape index (κ2) is 8.45. The highest BCUT2D eigenvalue weighted by atomic mass is 16.5. The highest BCUT2D eigenvalue weighted by Gasteiger charge is 2.18. The molecule has 0 fully saturated rings. The lowest BCUT2D eigenvalue weighted by atomic mass is 10.2. The Labute approximate surface area is 123 Å². The van der Waals surface area contributed by atoms with Crippen LogP contribution in [0.4, 0.5) is 0 Å². The molecular weight excluding hydrogens is 252 g/mol. The van der Waals surface area contributed by atoms with E-state index in [0.717, 1.165) is 13.0 Å². The minimum atomic E-state index is -0.438. The number of rotatable bonds is 9. The molecule has 0 aliphatic carbocycles. The van der Waals surface area contributed by atoms with Crippen LogP contribution < -0.4 is 0 Å². The standard InChI is InChI=1S/C16H30N2O2/c1-6-14(4)18(10-15-8-7-9-17(15)5)11-16(19)12-20-13(2)3/h7-9,13-14,16,19H,6,10-12H2,1-5H3/t14-,16-/m1/s1. The van der Waals surface area contributed by atoms with Gasteiger partial charge < -0.3 is 14.4 Å². The molecule has 0 radical (unpaired) electrons. The Morgan fingerprint density at radius 3 is 2.55 bits per heavy atom. The molecule has 4 nitrogen and oxygen atoms in total. The predicted molar refractivity (Wildman–Crippen MR) is 82.7 cm³/mol. The maximum atomic E-state index is 10.1. The van der Waals surface area contributed by atoms with Gasteiger partial charge in [-0.25, -0.2) is 0 Å². The van der Waals surface area contributed by atoms with Crippen molar-refractivity contribution in [3.8, 4) is 0 Å². The number of aromatic nitrogens is 1. The van der Waals surface area contributed by atoms with Gasteiger partial charge in [0.15, 0.2) is 0 Å². The van der Waals surface area contributed by atoms with Crippen LogP contribution in [0.25, 0.3) is 0 Å². The Balaban J connectivity index is 2.58. The molecule has 0 aliphatic heterocycles. The summed E-state index contributed by atoms with van der Waals surface area (Å²) >= 11 is 0. The van der Waals surface area contributed by atoms with Crippen LogP contribution in [0.2, 0.25) is 0 Å². The molecule has 0 saturated heterocycles. The fourth-order valence-corrected chi connectivity index (χ4v) is 2.15. The van der Waals surface area contributed by atoms with E-state index in [0.29, 0.717) is 19.2 Å². The van der Waals surface area contributed by atoms with Gasteiger partial charge in [-0.1, -0.05) is 6.92 Å². The Hall–Kier alpha value is -0.840. The molecular formula is C16H30N2O2. The molecule has 0 amide bonds. The molecule has 0 bridgehead atoms. The van der Waals surface area contributed by atoms with Gasteiger partial charge in [-0.05, 0) is 39.3 Å². The van der Waals surface area contributed by atoms with E-state index in [9.17, 15) is 5.11 Å². The predicted octanol–water partition coefficient (Wildman–Crippen LogP) is 2.41. The van der Waals surface area contributed by atoms with Gasteiger partial charge in [0, 0.05) is 38.1 Å². The molecule has 2 atom stereocenters. The van der Waals surface area contributed by atoms with Crippen molar-refractivity contribution in [1.29, 1.82) is 0 Å². The number of aryl methyl sites for hydroxylation is 1. The van der Waals surface area contributed by atoms with E-state index < -0.39 is 6.10 Å². The summed E-state index contributed by atoms with van der Waals surface area (Å²) < 4.78 is 7.63. The van der Waals surface area contributed by atoms with E-state index in [1.165, 1.54) is 5.69 Å². The van der Waals surface area contributed by atoms with Crippen LogP contribution >= 0.6 is 0 Å². The fourth-order valence-electron chi connectivity index (χ4n) is 2.15. The van der Waals surface area contributed by atoms with E-state index in [1.807, 2.05) is 13.8 Å². The van der Waals surface area contributed by atoms with Gasteiger partial charge in [0.1, 0.15) is 0 Å². The third kappa shape index (κ3) is 5.65. The van der Waals surface area contributed by atoms with E-state index in [1.54, 1.807) is 0 Å². The van der Waals surface area contributed by atoms with Crippen LogP contribution in [0.1, 0.15) is 39.8 Å². The number of hydrogen-bond acceptors (Lipinski definition) is 3. The Bertz CT molecular complexity index is 376. The van der Waals surface area contributed by atoms with Crippen molar-refractivity contribution in [3.05, 3.63) is 24.0 Å². The van der Waals surface area contributed by atoms with E-state index >= 15 is 0 Å². The second-order valence-corrected chi connectivity index (χ2v) is 5.83. The van der Waals surface area contributed by atoms with Gasteiger partial charge in [0.25, 0.3) is 0 Å². The Morgan fingerprint density at radius 1 is 1.35 bits per heavy atom. The molecule has 1 heterocycles. The zero-order valence-corrected chi connectivity index (χ0v) is 13.5. The van der Waals surface area contributed by atoms with Crippen molar-refractivity contribution in [2.75, 3.05) is 13.2 Å². The van der Waals surface area contributed by atoms with Crippen molar-refractivity contribution >= 4 is 0 Å². The maximum absolute atomic E-state index is 10.1. The van der Waals surface area contributed by atoms with Crippen molar-refractivity contribution < 1.29 is 9.84 Å². The Kier molecular flexibility index (Phi) is 7.27. The lowest BCUT2D eigenvalue weighted by molar-refractivity contribution is -0.0152. The normalized spacial score (nSPS) is 15.0. The molecule has 0 aliphatic rings. The Morgan fingerprint density at radius 2 is 2.05 bits per heavy atom. The summed E-state index contributed by atoms with van der Waals surface area (Å²) in [5, 5.41) is 10.1. The van der Waals surface area contributed by atoms with E-state index in [2.05, 4.69) is 48.7 Å². The summed E-state index contributed by atoms with van der Waals surface area (Å²) in [5.41, 5.74) is 1.27. The first-order chi connectivity index (χ1) is 9.43. The lowest BCUT2D eigenvalue weighted by Crippen LogP contribution is -2.40. The molecule has 0 unspecified atom stereocenters. The van der Waals surface area contributed by atoms with Crippen molar-refractivity contribution in [1.82, 2.24) is 9.47 Å². The highest BCUT2D eigenvalue weighted by Crippen LogP contribution is 2.12. The van der Waals surface area contributed by atoms with Gasteiger partial charge in [-0.2, -0.15) is 0 Å². The monoisotopic (exact) mass is 282 g/mol. The summed E-state index contributed by atoms with van der Waals surface area (Å²) in [6, 6.07) is 4.63. The number of aliphatic hydroxyl groups excluding tert-OH is 1. The van der Waals surface area contributed by atoms with E-state index in [4.69, 9.17) is 4.74 Å². The molecule has 116 valence electrons. The summed E-state index contributed by atoms with van der Waals surface area (Å²) in [5.74, 6) is 0.